The Morgan fingerprint density at radius 1 is 1.18 bits per heavy atom. The molecule has 1 saturated carbocycles. The highest BCUT2D eigenvalue weighted by Gasteiger charge is 2.34. The van der Waals surface area contributed by atoms with Gasteiger partial charge in [-0.25, -0.2) is 4.39 Å². The predicted molar refractivity (Wildman–Crippen MR) is 118 cm³/mol. The van der Waals surface area contributed by atoms with Crippen molar-refractivity contribution in [3.8, 4) is 22.3 Å². The highest BCUT2D eigenvalue weighted by Crippen LogP contribution is 2.42. The Morgan fingerprint density at radius 2 is 1.91 bits per heavy atom. The molecule has 0 bridgehead atoms. The zero-order chi connectivity index (χ0) is 24.4. The molecule has 1 aliphatic carbocycles. The Bertz CT molecular complexity index is 1540. The number of nitrogens with zero attached hydrogens (tertiary/aromatic N) is 2. The molecule has 2 aromatic heterocycles. The number of alkyl halides is 3. The largest absolute Gasteiger partial charge is 0.416 e. The second kappa shape index (κ2) is 7.69. The van der Waals surface area contributed by atoms with Crippen LogP contribution < -0.4 is 11.3 Å². The first-order valence-corrected chi connectivity index (χ1v) is 10.5. The van der Waals surface area contributed by atoms with E-state index in [2.05, 4.69) is 10.1 Å². The molecule has 6 nitrogen and oxygen atoms in total. The summed E-state index contributed by atoms with van der Waals surface area (Å²) in [6.45, 7) is 0. The number of fused-ring (bicyclic) bond motifs is 1. The highest BCUT2D eigenvalue weighted by molar-refractivity contribution is 6.36. The lowest BCUT2D eigenvalue weighted by Crippen LogP contribution is -2.17. The lowest BCUT2D eigenvalue weighted by molar-refractivity contribution is -0.137. The van der Waals surface area contributed by atoms with E-state index in [-0.39, 0.29) is 33.5 Å². The number of rotatable bonds is 4. The lowest BCUT2D eigenvalue weighted by Gasteiger charge is -2.16. The van der Waals surface area contributed by atoms with E-state index in [1.54, 1.807) is 17.1 Å². The summed E-state index contributed by atoms with van der Waals surface area (Å²) < 4.78 is 56.9. The summed E-state index contributed by atoms with van der Waals surface area (Å²) in [4.78, 5) is 27.2. The SMILES string of the molecule is NC(=O)c1cc(C(F)(F)F)cc(F)c1-c1cc(-c2cnn(C3CC3)c2)cc2c(=O)[nH]cc(Cl)c12. The number of hydrogen-bond donors (Lipinski definition) is 2. The normalized spacial score (nSPS) is 14.0. The molecular formula is C23H15ClF4N4O2. The van der Waals surface area contributed by atoms with Gasteiger partial charge in [0.1, 0.15) is 5.82 Å². The number of aromatic amines is 1. The fourth-order valence-electron chi connectivity index (χ4n) is 3.99. The van der Waals surface area contributed by atoms with Gasteiger partial charge in [0, 0.05) is 34.3 Å². The van der Waals surface area contributed by atoms with Gasteiger partial charge in [0.05, 0.1) is 28.4 Å². The van der Waals surface area contributed by atoms with E-state index in [1.807, 2.05) is 0 Å². The highest BCUT2D eigenvalue weighted by atomic mass is 35.5. The number of benzene rings is 2. The van der Waals surface area contributed by atoms with Crippen LogP contribution in [0.4, 0.5) is 17.6 Å². The molecule has 174 valence electrons. The Hall–Kier alpha value is -3.66. The maximum Gasteiger partial charge on any atom is 0.416 e. The summed E-state index contributed by atoms with van der Waals surface area (Å²) in [5, 5.41) is 4.46. The van der Waals surface area contributed by atoms with Crippen molar-refractivity contribution in [2.24, 2.45) is 5.73 Å². The number of hydrogen-bond acceptors (Lipinski definition) is 3. The monoisotopic (exact) mass is 490 g/mol. The first-order valence-electron chi connectivity index (χ1n) is 10.1. The molecular weight excluding hydrogens is 476 g/mol. The third-order valence-corrected chi connectivity index (χ3v) is 6.06. The fourth-order valence-corrected chi connectivity index (χ4v) is 4.24. The van der Waals surface area contributed by atoms with Crippen LogP contribution >= 0.6 is 11.6 Å². The molecule has 4 aromatic rings. The van der Waals surface area contributed by atoms with Gasteiger partial charge < -0.3 is 10.7 Å². The molecule has 0 unspecified atom stereocenters. The summed E-state index contributed by atoms with van der Waals surface area (Å²) in [6, 6.07) is 4.04. The van der Waals surface area contributed by atoms with Crippen molar-refractivity contribution < 1.29 is 22.4 Å². The third kappa shape index (κ3) is 3.73. The van der Waals surface area contributed by atoms with Crippen LogP contribution in [0.1, 0.15) is 34.8 Å². The standard InChI is InChI=1S/C23H15ClF4N4O2/c24-17-8-30-22(34)16-4-10(11-7-31-32(9-11)13-1-2-13)3-14(19(16)17)20-15(21(29)33)5-12(6-18(20)25)23(26,27)28/h3-9,13H,1-2H2,(H2,29,33)(H,30,34). The van der Waals surface area contributed by atoms with Crippen molar-refractivity contribution in [3.05, 3.63) is 75.2 Å². The van der Waals surface area contributed by atoms with Crippen LogP contribution in [0, 0.1) is 5.82 Å². The minimum atomic E-state index is -4.90. The van der Waals surface area contributed by atoms with Crippen molar-refractivity contribution in [1.29, 1.82) is 0 Å². The summed E-state index contributed by atoms with van der Waals surface area (Å²) in [7, 11) is 0. The van der Waals surface area contributed by atoms with Gasteiger partial charge in [-0.3, -0.25) is 14.3 Å². The van der Waals surface area contributed by atoms with Gasteiger partial charge in [-0.15, -0.1) is 0 Å². The maximum atomic E-state index is 15.2. The smallest absolute Gasteiger partial charge is 0.366 e. The van der Waals surface area contributed by atoms with Gasteiger partial charge in [0.25, 0.3) is 5.56 Å². The number of amides is 1. The molecule has 5 rings (SSSR count). The van der Waals surface area contributed by atoms with Crippen molar-refractivity contribution in [2.75, 3.05) is 0 Å². The van der Waals surface area contributed by atoms with Crippen LogP contribution in [0.3, 0.4) is 0 Å². The summed E-state index contributed by atoms with van der Waals surface area (Å²) in [5.41, 5.74) is 3.28. The average molecular weight is 491 g/mol. The number of halogens is 5. The molecule has 0 aliphatic heterocycles. The quantitative estimate of drug-likeness (QED) is 0.380. The van der Waals surface area contributed by atoms with Crippen molar-refractivity contribution in [2.45, 2.75) is 25.1 Å². The van der Waals surface area contributed by atoms with Gasteiger partial charge in [-0.05, 0) is 48.2 Å². The van der Waals surface area contributed by atoms with Crippen LogP contribution in [-0.2, 0) is 6.18 Å². The molecule has 34 heavy (non-hydrogen) atoms. The zero-order valence-corrected chi connectivity index (χ0v) is 18.0. The molecule has 0 saturated heterocycles. The first kappa shape index (κ1) is 22.1. The van der Waals surface area contributed by atoms with Gasteiger partial charge in [0.15, 0.2) is 0 Å². The Labute approximate surface area is 194 Å². The summed E-state index contributed by atoms with van der Waals surface area (Å²) >= 11 is 6.32. The molecule has 11 heteroatoms. The van der Waals surface area contributed by atoms with Crippen molar-refractivity contribution in [1.82, 2.24) is 14.8 Å². The zero-order valence-electron chi connectivity index (χ0n) is 17.2. The molecule has 0 spiro atoms. The van der Waals surface area contributed by atoms with Crippen LogP contribution in [0.25, 0.3) is 33.0 Å². The topological polar surface area (TPSA) is 93.8 Å². The van der Waals surface area contributed by atoms with Crippen molar-refractivity contribution in [3.63, 3.8) is 0 Å². The summed E-state index contributed by atoms with van der Waals surface area (Å²) in [5.74, 6) is -2.59. The first-order chi connectivity index (χ1) is 16.0. The van der Waals surface area contributed by atoms with Crippen LogP contribution in [0.15, 0.2) is 47.7 Å². The lowest BCUT2D eigenvalue weighted by atomic mass is 9.90. The number of primary amides is 1. The molecule has 0 radical (unpaired) electrons. The van der Waals surface area contributed by atoms with Crippen LogP contribution in [0.5, 0.6) is 0 Å². The minimum absolute atomic E-state index is 0.0135. The molecule has 0 atom stereocenters. The van der Waals surface area contributed by atoms with Gasteiger partial charge in [-0.2, -0.15) is 18.3 Å². The number of nitrogens with one attached hydrogen (secondary N) is 1. The number of carbonyl (C=O) groups is 1. The molecule has 3 N–H and O–H groups in total. The number of H-pyrrole nitrogens is 1. The van der Waals surface area contributed by atoms with Gasteiger partial charge in [0.2, 0.25) is 5.91 Å². The Morgan fingerprint density at radius 3 is 2.56 bits per heavy atom. The molecule has 2 heterocycles. The Kier molecular flexibility index (Phi) is 5.01. The van der Waals surface area contributed by atoms with E-state index < -0.39 is 40.2 Å². The number of carbonyl (C=O) groups excluding carboxylic acids is 1. The van der Waals surface area contributed by atoms with E-state index in [0.717, 1.165) is 12.8 Å². The number of pyridine rings is 1. The van der Waals surface area contributed by atoms with E-state index in [9.17, 15) is 22.8 Å². The van der Waals surface area contributed by atoms with Crippen LogP contribution in [0.2, 0.25) is 5.02 Å². The van der Waals surface area contributed by atoms with E-state index in [1.165, 1.54) is 18.3 Å². The van der Waals surface area contributed by atoms with Crippen molar-refractivity contribution >= 4 is 28.3 Å². The molecule has 1 aliphatic rings. The van der Waals surface area contributed by atoms with Gasteiger partial charge in [-0.1, -0.05) is 11.6 Å². The third-order valence-electron chi connectivity index (χ3n) is 5.76. The van der Waals surface area contributed by atoms with Gasteiger partial charge >= 0.3 is 6.18 Å². The molecule has 2 aromatic carbocycles. The predicted octanol–water partition coefficient (Wildman–Crippen LogP) is 5.30. The fraction of sp³-hybridized carbons (Fsp3) is 0.174. The maximum absolute atomic E-state index is 15.2. The molecule has 1 amide bonds. The Balaban J connectivity index is 1.85. The second-order valence-corrected chi connectivity index (χ2v) is 8.50. The minimum Gasteiger partial charge on any atom is -0.366 e. The van der Waals surface area contributed by atoms with E-state index >= 15 is 4.39 Å². The molecule has 1 fully saturated rings. The second-order valence-electron chi connectivity index (χ2n) is 8.09. The number of nitrogens with two attached hydrogens (primary N) is 1. The van der Waals surface area contributed by atoms with E-state index in [0.29, 0.717) is 17.2 Å². The summed E-state index contributed by atoms with van der Waals surface area (Å²) in [6.07, 6.45) is 1.59. The number of aromatic nitrogens is 3. The average Bonchev–Trinajstić information content (AvgIpc) is 3.51. The van der Waals surface area contributed by atoms with E-state index in [4.69, 9.17) is 17.3 Å². The van der Waals surface area contributed by atoms with Crippen LogP contribution in [-0.4, -0.2) is 20.7 Å².